The molecule has 0 spiro atoms. The highest BCUT2D eigenvalue weighted by Gasteiger charge is 2.41. The van der Waals surface area contributed by atoms with Gasteiger partial charge in [0.05, 0.1) is 6.61 Å². The molecule has 0 fully saturated rings. The van der Waals surface area contributed by atoms with E-state index in [1.807, 2.05) is 30.3 Å². The van der Waals surface area contributed by atoms with Gasteiger partial charge in [-0.25, -0.2) is 4.79 Å². The molecule has 0 radical (unpaired) electrons. The van der Waals surface area contributed by atoms with Crippen LogP contribution in [0.3, 0.4) is 0 Å². The molecule has 0 bridgehead atoms. The number of carboxylic acids is 1. The van der Waals surface area contributed by atoms with Crippen molar-refractivity contribution in [3.05, 3.63) is 60.3 Å². The number of ether oxygens (including phenoxy) is 1. The predicted octanol–water partition coefficient (Wildman–Crippen LogP) is 2.00. The maximum Gasteiger partial charge on any atom is 0.329 e. The van der Waals surface area contributed by atoms with E-state index >= 15 is 0 Å². The average Bonchev–Trinajstić information content (AvgIpc) is 2.50. The summed E-state index contributed by atoms with van der Waals surface area (Å²) in [6, 6.07) is 8.31. The van der Waals surface area contributed by atoms with E-state index in [-0.39, 0.29) is 12.4 Å². The largest absolute Gasteiger partial charge is 0.480 e. The molecule has 1 aromatic carbocycles. The van der Waals surface area contributed by atoms with Gasteiger partial charge in [0.25, 0.3) is 0 Å². The molecule has 2 rings (SSSR count). The summed E-state index contributed by atoms with van der Waals surface area (Å²) in [5.74, 6) is -1.37. The number of ketones is 1. The zero-order chi connectivity index (χ0) is 16.1. The van der Waals surface area contributed by atoms with Crippen LogP contribution < -0.4 is 0 Å². The van der Waals surface area contributed by atoms with Crippen molar-refractivity contribution in [2.75, 3.05) is 6.54 Å². The van der Waals surface area contributed by atoms with E-state index < -0.39 is 18.1 Å². The highest BCUT2D eigenvalue weighted by Crippen LogP contribution is 2.22. The summed E-state index contributed by atoms with van der Waals surface area (Å²) in [4.78, 5) is 25.4. The van der Waals surface area contributed by atoms with E-state index in [0.29, 0.717) is 12.1 Å². The van der Waals surface area contributed by atoms with Gasteiger partial charge in [-0.05, 0) is 12.5 Å². The molecule has 116 valence electrons. The fraction of sp³-hybridized carbons (Fsp3) is 0.294. The number of Topliss-reactive ketones (excluding diaryl/α,β-unsaturated/α-hetero) is 1. The van der Waals surface area contributed by atoms with Gasteiger partial charge in [0.15, 0.2) is 17.9 Å². The van der Waals surface area contributed by atoms with Crippen LogP contribution in [0.25, 0.3) is 0 Å². The molecule has 0 saturated carbocycles. The second kappa shape index (κ2) is 7.04. The van der Waals surface area contributed by atoms with Gasteiger partial charge in [0, 0.05) is 18.3 Å². The Bertz CT molecular complexity index is 594. The Morgan fingerprint density at radius 3 is 2.68 bits per heavy atom. The van der Waals surface area contributed by atoms with Crippen LogP contribution in [0, 0.1) is 0 Å². The summed E-state index contributed by atoms with van der Waals surface area (Å²) < 4.78 is 5.66. The molecule has 0 saturated heterocycles. The lowest BCUT2D eigenvalue weighted by Gasteiger charge is -2.36. The van der Waals surface area contributed by atoms with Crippen LogP contribution in [0.1, 0.15) is 12.5 Å². The number of aliphatic carboxylic acids is 1. The highest BCUT2D eigenvalue weighted by atomic mass is 16.5. The lowest BCUT2D eigenvalue weighted by molar-refractivity contribution is -0.155. The zero-order valence-corrected chi connectivity index (χ0v) is 12.4. The normalized spacial score (nSPS) is 21.4. The minimum atomic E-state index is -1.09. The molecular formula is C17H19NO4. The summed E-state index contributed by atoms with van der Waals surface area (Å²) in [6.45, 7) is 5.81. The van der Waals surface area contributed by atoms with Crippen LogP contribution in [-0.2, 0) is 20.9 Å². The van der Waals surface area contributed by atoms with Gasteiger partial charge in [-0.15, -0.1) is 6.58 Å². The third-order valence-electron chi connectivity index (χ3n) is 3.52. The van der Waals surface area contributed by atoms with Crippen LogP contribution in [0.15, 0.2) is 54.8 Å². The molecule has 1 aromatic rings. The average molecular weight is 301 g/mol. The fourth-order valence-electron chi connectivity index (χ4n) is 2.45. The van der Waals surface area contributed by atoms with E-state index in [1.54, 1.807) is 24.1 Å². The van der Waals surface area contributed by atoms with Crippen molar-refractivity contribution in [2.24, 2.45) is 0 Å². The third kappa shape index (κ3) is 3.43. The number of carboxylic acid groups (broad SMARTS) is 1. The number of hydrogen-bond acceptors (Lipinski definition) is 4. The second-order valence-corrected chi connectivity index (χ2v) is 5.16. The van der Waals surface area contributed by atoms with Gasteiger partial charge in [0.2, 0.25) is 0 Å². The first kappa shape index (κ1) is 16.0. The fourth-order valence-corrected chi connectivity index (χ4v) is 2.45. The van der Waals surface area contributed by atoms with Crippen molar-refractivity contribution in [1.82, 2.24) is 4.90 Å². The first-order valence-electron chi connectivity index (χ1n) is 7.02. The minimum absolute atomic E-state index is 0.191. The monoisotopic (exact) mass is 301 g/mol. The number of rotatable bonds is 6. The van der Waals surface area contributed by atoms with Crippen molar-refractivity contribution >= 4 is 11.8 Å². The van der Waals surface area contributed by atoms with Crippen LogP contribution in [0.5, 0.6) is 0 Å². The van der Waals surface area contributed by atoms with Crippen LogP contribution in [-0.4, -0.2) is 40.4 Å². The molecule has 0 aliphatic carbocycles. The predicted molar refractivity (Wildman–Crippen MR) is 82.1 cm³/mol. The molecule has 5 nitrogen and oxygen atoms in total. The molecule has 1 aliphatic heterocycles. The van der Waals surface area contributed by atoms with Crippen LogP contribution in [0.4, 0.5) is 0 Å². The Morgan fingerprint density at radius 1 is 1.41 bits per heavy atom. The summed E-state index contributed by atoms with van der Waals surface area (Å²) >= 11 is 0. The molecule has 22 heavy (non-hydrogen) atoms. The van der Waals surface area contributed by atoms with Gasteiger partial charge in [0.1, 0.15) is 0 Å². The quantitative estimate of drug-likeness (QED) is 0.814. The van der Waals surface area contributed by atoms with Gasteiger partial charge >= 0.3 is 5.97 Å². The smallest absolute Gasteiger partial charge is 0.329 e. The third-order valence-corrected chi connectivity index (χ3v) is 3.52. The minimum Gasteiger partial charge on any atom is -0.480 e. The van der Waals surface area contributed by atoms with Gasteiger partial charge in [-0.1, -0.05) is 36.4 Å². The van der Waals surface area contributed by atoms with Crippen molar-refractivity contribution in [3.63, 3.8) is 0 Å². The second-order valence-electron chi connectivity index (χ2n) is 5.16. The van der Waals surface area contributed by atoms with Crippen molar-refractivity contribution < 1.29 is 19.4 Å². The first-order valence-corrected chi connectivity index (χ1v) is 7.02. The Morgan fingerprint density at radius 2 is 2.09 bits per heavy atom. The summed E-state index contributed by atoms with van der Waals surface area (Å²) in [5.41, 5.74) is 1.37. The maximum absolute atomic E-state index is 12.3. The Hall–Kier alpha value is -2.40. The van der Waals surface area contributed by atoms with E-state index in [4.69, 9.17) is 4.74 Å². The zero-order valence-electron chi connectivity index (χ0n) is 12.4. The van der Waals surface area contributed by atoms with Gasteiger partial charge in [-0.3, -0.25) is 4.79 Å². The SMILES string of the molecule is C=CCN1C=C(C)C(=O)C(OCc2ccccc2)C1C(=O)O. The number of nitrogens with zero attached hydrogens (tertiary/aromatic N) is 1. The number of hydrogen-bond donors (Lipinski definition) is 1. The Kier molecular flexibility index (Phi) is 5.12. The van der Waals surface area contributed by atoms with E-state index in [9.17, 15) is 14.7 Å². The molecule has 1 aliphatic rings. The van der Waals surface area contributed by atoms with E-state index in [2.05, 4.69) is 6.58 Å². The number of carbonyl (C=O) groups excluding carboxylic acids is 1. The van der Waals surface area contributed by atoms with Gasteiger partial charge < -0.3 is 14.7 Å². The molecule has 0 amide bonds. The number of benzene rings is 1. The van der Waals surface area contributed by atoms with Crippen molar-refractivity contribution in [2.45, 2.75) is 25.7 Å². The summed E-state index contributed by atoms with van der Waals surface area (Å²) in [6.07, 6.45) is 2.14. The summed E-state index contributed by atoms with van der Waals surface area (Å²) in [5, 5.41) is 9.47. The summed E-state index contributed by atoms with van der Waals surface area (Å²) in [7, 11) is 0. The molecule has 2 unspecified atom stereocenters. The van der Waals surface area contributed by atoms with E-state index in [0.717, 1.165) is 5.56 Å². The molecule has 5 heteroatoms. The highest BCUT2D eigenvalue weighted by molar-refractivity contribution is 6.02. The van der Waals surface area contributed by atoms with Crippen molar-refractivity contribution in [3.8, 4) is 0 Å². The lowest BCUT2D eigenvalue weighted by Crippen LogP contribution is -2.54. The maximum atomic E-state index is 12.3. The Labute approximate surface area is 129 Å². The Balaban J connectivity index is 2.21. The standard InChI is InChI=1S/C17H19NO4/c1-3-9-18-10-12(2)15(19)16(14(18)17(20)21)22-11-13-7-5-4-6-8-13/h3-8,10,14,16H,1,9,11H2,2H3,(H,20,21). The number of carbonyl (C=O) groups is 2. The molecule has 0 aromatic heterocycles. The molecular weight excluding hydrogens is 282 g/mol. The van der Waals surface area contributed by atoms with Gasteiger partial charge in [-0.2, -0.15) is 0 Å². The molecule has 1 heterocycles. The van der Waals surface area contributed by atoms with Crippen LogP contribution >= 0.6 is 0 Å². The lowest BCUT2D eigenvalue weighted by atomic mass is 9.96. The van der Waals surface area contributed by atoms with Crippen LogP contribution in [0.2, 0.25) is 0 Å². The molecule has 2 atom stereocenters. The molecule has 1 N–H and O–H groups in total. The first-order chi connectivity index (χ1) is 10.5. The van der Waals surface area contributed by atoms with Crippen molar-refractivity contribution in [1.29, 1.82) is 0 Å². The van der Waals surface area contributed by atoms with E-state index in [1.165, 1.54) is 0 Å². The topological polar surface area (TPSA) is 66.8 Å².